The molecule has 21 heavy (non-hydrogen) atoms. The average molecular weight is 327 g/mol. The van der Waals surface area contributed by atoms with E-state index in [0.29, 0.717) is 13.0 Å². The smallest absolute Gasteiger partial charge is 0.273 e. The van der Waals surface area contributed by atoms with Crippen LogP contribution in [0.5, 0.6) is 5.75 Å². The molecule has 9 heteroatoms. The van der Waals surface area contributed by atoms with E-state index in [1.165, 1.54) is 24.4 Å². The Balaban J connectivity index is 1.92. The first-order valence-electron chi connectivity index (χ1n) is 5.91. The van der Waals surface area contributed by atoms with Crippen LogP contribution in [0.2, 0.25) is 0 Å². The second kappa shape index (κ2) is 6.20. The van der Waals surface area contributed by atoms with Crippen LogP contribution in [-0.2, 0) is 16.4 Å². The second-order valence-electron chi connectivity index (χ2n) is 4.14. The van der Waals surface area contributed by atoms with Crippen molar-refractivity contribution in [3.63, 3.8) is 0 Å². The van der Waals surface area contributed by atoms with Gasteiger partial charge in [0, 0.05) is 17.6 Å². The molecule has 0 unspecified atom stereocenters. The maximum Gasteiger partial charge on any atom is 0.273 e. The first-order valence-corrected chi connectivity index (χ1v) is 8.28. The summed E-state index contributed by atoms with van der Waals surface area (Å²) in [5.41, 5.74) is -0.0473. The lowest BCUT2D eigenvalue weighted by molar-refractivity contribution is 0.0946. The number of amides is 1. The molecule has 0 atom stereocenters. The minimum Gasteiger partial charge on any atom is -0.505 e. The quantitative estimate of drug-likeness (QED) is 0.736. The van der Waals surface area contributed by atoms with Crippen LogP contribution in [0.1, 0.15) is 15.4 Å². The number of sulfonamides is 1. The van der Waals surface area contributed by atoms with Gasteiger partial charge in [0.2, 0.25) is 10.0 Å². The third kappa shape index (κ3) is 4.00. The molecule has 112 valence electrons. The predicted molar refractivity (Wildman–Crippen MR) is 77.6 cm³/mol. The highest BCUT2D eigenvalue weighted by molar-refractivity contribution is 7.91. The van der Waals surface area contributed by atoms with Crippen molar-refractivity contribution in [1.82, 2.24) is 10.3 Å². The number of nitrogens with two attached hydrogens (primary N) is 1. The van der Waals surface area contributed by atoms with Crippen molar-refractivity contribution in [2.45, 2.75) is 10.6 Å². The van der Waals surface area contributed by atoms with Crippen molar-refractivity contribution >= 4 is 27.3 Å². The molecule has 2 heterocycles. The summed E-state index contributed by atoms with van der Waals surface area (Å²) < 4.78 is 22.4. The number of nitrogens with one attached hydrogen (secondary N) is 1. The summed E-state index contributed by atoms with van der Waals surface area (Å²) in [5, 5.41) is 17.1. The Kier molecular flexibility index (Phi) is 4.56. The van der Waals surface area contributed by atoms with Crippen LogP contribution >= 0.6 is 11.3 Å². The number of thiophene rings is 1. The number of carbonyl (C=O) groups excluding carboxylic acids is 1. The van der Waals surface area contributed by atoms with Crippen molar-refractivity contribution < 1.29 is 18.3 Å². The number of hydrogen-bond donors (Lipinski definition) is 3. The van der Waals surface area contributed by atoms with Gasteiger partial charge in [-0.3, -0.25) is 4.79 Å². The van der Waals surface area contributed by atoms with Gasteiger partial charge in [-0.25, -0.2) is 18.5 Å². The van der Waals surface area contributed by atoms with Gasteiger partial charge in [-0.2, -0.15) is 0 Å². The average Bonchev–Trinajstić information content (AvgIpc) is 2.88. The van der Waals surface area contributed by atoms with Crippen LogP contribution in [-0.4, -0.2) is 31.0 Å². The Hall–Kier alpha value is -1.97. The maximum absolute atomic E-state index is 11.8. The number of primary sulfonamides is 1. The van der Waals surface area contributed by atoms with Crippen molar-refractivity contribution in [2.75, 3.05) is 6.54 Å². The van der Waals surface area contributed by atoms with E-state index in [1.807, 2.05) is 0 Å². The fraction of sp³-hybridized carbons (Fsp3) is 0.167. The normalized spacial score (nSPS) is 11.3. The molecule has 0 bridgehead atoms. The zero-order valence-electron chi connectivity index (χ0n) is 10.8. The largest absolute Gasteiger partial charge is 0.505 e. The van der Waals surface area contributed by atoms with Crippen LogP contribution in [0.25, 0.3) is 0 Å². The molecule has 2 aromatic rings. The van der Waals surface area contributed by atoms with E-state index in [-0.39, 0.29) is 15.7 Å². The molecule has 2 rings (SSSR count). The standard InChI is InChI=1S/C12H13N3O4S2/c13-21(18,19)10-4-3-8(20-10)5-7-15-12(17)11-9(16)2-1-6-14-11/h1-4,6,16H,5,7H2,(H,15,17)(H2,13,18,19). The highest BCUT2D eigenvalue weighted by Crippen LogP contribution is 2.20. The van der Waals surface area contributed by atoms with Gasteiger partial charge in [0.15, 0.2) is 5.69 Å². The van der Waals surface area contributed by atoms with Crippen LogP contribution in [0.15, 0.2) is 34.7 Å². The first kappa shape index (κ1) is 15.4. The summed E-state index contributed by atoms with van der Waals surface area (Å²) in [5.74, 6) is -0.682. The molecule has 0 aliphatic rings. The molecule has 4 N–H and O–H groups in total. The molecule has 2 aromatic heterocycles. The van der Waals surface area contributed by atoms with Crippen LogP contribution < -0.4 is 10.5 Å². The fourth-order valence-corrected chi connectivity index (χ4v) is 3.38. The van der Waals surface area contributed by atoms with Gasteiger partial charge in [-0.15, -0.1) is 11.3 Å². The third-order valence-electron chi connectivity index (χ3n) is 2.58. The topological polar surface area (TPSA) is 122 Å². The number of hydrogen-bond acceptors (Lipinski definition) is 6. The van der Waals surface area contributed by atoms with Gasteiger partial charge in [0.05, 0.1) is 0 Å². The number of pyridine rings is 1. The Labute approximate surface area is 125 Å². The molecule has 0 aliphatic heterocycles. The number of nitrogens with zero attached hydrogens (tertiary/aromatic N) is 1. The monoisotopic (exact) mass is 327 g/mol. The molecule has 7 nitrogen and oxygen atoms in total. The SMILES string of the molecule is NS(=O)(=O)c1ccc(CCNC(=O)c2ncccc2O)s1. The summed E-state index contributed by atoms with van der Waals surface area (Å²) in [6.45, 7) is 0.291. The van der Waals surface area contributed by atoms with Gasteiger partial charge >= 0.3 is 0 Å². The molecular weight excluding hydrogens is 314 g/mol. The van der Waals surface area contributed by atoms with Gasteiger partial charge in [-0.05, 0) is 30.7 Å². The maximum atomic E-state index is 11.8. The van der Waals surface area contributed by atoms with Crippen molar-refractivity contribution in [2.24, 2.45) is 5.14 Å². The van der Waals surface area contributed by atoms with Crippen LogP contribution in [0.4, 0.5) is 0 Å². The lowest BCUT2D eigenvalue weighted by atomic mass is 10.3. The molecule has 0 saturated heterocycles. The first-order chi connectivity index (χ1) is 9.88. The van der Waals surface area contributed by atoms with E-state index in [1.54, 1.807) is 6.07 Å². The lowest BCUT2D eigenvalue weighted by Gasteiger charge is -2.04. The zero-order chi connectivity index (χ0) is 15.5. The van der Waals surface area contributed by atoms with E-state index in [9.17, 15) is 18.3 Å². The summed E-state index contributed by atoms with van der Waals surface area (Å²) >= 11 is 1.06. The van der Waals surface area contributed by atoms with Gasteiger partial charge in [0.25, 0.3) is 5.91 Å². The number of aromatic nitrogens is 1. The molecule has 0 fully saturated rings. The van der Waals surface area contributed by atoms with E-state index in [0.717, 1.165) is 16.2 Å². The highest BCUT2D eigenvalue weighted by Gasteiger charge is 2.13. The van der Waals surface area contributed by atoms with Crippen molar-refractivity contribution in [3.8, 4) is 5.75 Å². The molecule has 0 aromatic carbocycles. The third-order valence-corrected chi connectivity index (χ3v) is 5.16. The fourth-order valence-electron chi connectivity index (χ4n) is 1.60. The van der Waals surface area contributed by atoms with Crippen molar-refractivity contribution in [1.29, 1.82) is 0 Å². The van der Waals surface area contributed by atoms with Gasteiger partial charge < -0.3 is 10.4 Å². The lowest BCUT2D eigenvalue weighted by Crippen LogP contribution is -2.26. The van der Waals surface area contributed by atoms with E-state index < -0.39 is 15.9 Å². The molecule has 0 spiro atoms. The van der Waals surface area contributed by atoms with Gasteiger partial charge in [0.1, 0.15) is 9.96 Å². The van der Waals surface area contributed by atoms with E-state index in [4.69, 9.17) is 5.14 Å². The number of rotatable bonds is 5. The molecule has 0 aliphatic carbocycles. The van der Waals surface area contributed by atoms with Crippen molar-refractivity contribution in [3.05, 3.63) is 41.0 Å². The summed E-state index contributed by atoms with van der Waals surface area (Å²) in [7, 11) is -3.68. The Morgan fingerprint density at radius 1 is 1.38 bits per heavy atom. The zero-order valence-corrected chi connectivity index (χ0v) is 12.4. The Bertz CT molecular complexity index is 755. The highest BCUT2D eigenvalue weighted by atomic mass is 32.2. The van der Waals surface area contributed by atoms with Crippen LogP contribution in [0, 0.1) is 0 Å². The van der Waals surface area contributed by atoms with E-state index in [2.05, 4.69) is 10.3 Å². The summed E-state index contributed by atoms with van der Waals surface area (Å²) in [6.07, 6.45) is 1.87. The summed E-state index contributed by atoms with van der Waals surface area (Å²) in [6, 6.07) is 5.97. The number of carbonyl (C=O) groups is 1. The molecule has 1 amide bonds. The van der Waals surface area contributed by atoms with Gasteiger partial charge in [-0.1, -0.05) is 0 Å². The minimum absolute atomic E-state index is 0.0473. The molecule has 0 saturated carbocycles. The Morgan fingerprint density at radius 2 is 2.14 bits per heavy atom. The summed E-state index contributed by atoms with van der Waals surface area (Å²) in [4.78, 5) is 16.3. The Morgan fingerprint density at radius 3 is 2.76 bits per heavy atom. The molecule has 0 radical (unpaired) electrons. The predicted octanol–water partition coefficient (Wildman–Crippen LogP) is 0.469. The van der Waals surface area contributed by atoms with Crippen LogP contribution in [0.3, 0.4) is 0 Å². The van der Waals surface area contributed by atoms with E-state index >= 15 is 0 Å². The molecular formula is C12H13N3O4S2. The number of aromatic hydroxyl groups is 1. The second-order valence-corrected chi connectivity index (χ2v) is 7.10. The minimum atomic E-state index is -3.68.